The van der Waals surface area contributed by atoms with E-state index in [0.717, 1.165) is 20.7 Å². The van der Waals surface area contributed by atoms with Gasteiger partial charge in [-0.05, 0) is 79.6 Å². The van der Waals surface area contributed by atoms with Crippen molar-refractivity contribution in [1.82, 2.24) is 5.32 Å². The van der Waals surface area contributed by atoms with Crippen molar-refractivity contribution in [3.63, 3.8) is 0 Å². The number of nitrogens with one attached hydrogen (secondary N) is 1. The van der Waals surface area contributed by atoms with E-state index in [0.29, 0.717) is 49.0 Å². The molecular weight excluding hydrogens is 552 g/mol. The van der Waals surface area contributed by atoms with Gasteiger partial charge in [0.1, 0.15) is 11.3 Å². The molecule has 4 amide bonds. The lowest BCUT2D eigenvalue weighted by Gasteiger charge is -2.26. The van der Waals surface area contributed by atoms with Crippen LogP contribution in [-0.4, -0.2) is 37.7 Å². The van der Waals surface area contributed by atoms with Crippen LogP contribution in [0.1, 0.15) is 24.5 Å². The molecule has 9 heteroatoms. The zero-order valence-electron chi connectivity index (χ0n) is 21.0. The molecule has 4 rings (SSSR count). The first kappa shape index (κ1) is 26.9. The van der Waals surface area contributed by atoms with Gasteiger partial charge in [-0.3, -0.25) is 14.9 Å². The summed E-state index contributed by atoms with van der Waals surface area (Å²) in [5.74, 6) is 0.355. The fraction of sp³-hybridized carbons (Fsp3) is 0.207. The van der Waals surface area contributed by atoms with Gasteiger partial charge >= 0.3 is 6.03 Å². The summed E-state index contributed by atoms with van der Waals surface area (Å²) in [6.45, 7) is 5.18. The van der Waals surface area contributed by atoms with Gasteiger partial charge < -0.3 is 14.2 Å². The van der Waals surface area contributed by atoms with Gasteiger partial charge in [0, 0.05) is 10.9 Å². The Balaban J connectivity index is 1.45. The fourth-order valence-electron chi connectivity index (χ4n) is 3.79. The van der Waals surface area contributed by atoms with Crippen molar-refractivity contribution >= 4 is 45.5 Å². The SMILES string of the molecule is CCOc1cc(C=C2C(=O)NC(=O)N(c3ccc(Br)cc3)C2=O)ccc1OCCCOc1cccc(C)c1. The summed E-state index contributed by atoms with van der Waals surface area (Å²) < 4.78 is 18.2. The average molecular weight is 579 g/mol. The number of carbonyl (C=O) groups excluding carboxylic acids is 3. The molecule has 1 heterocycles. The summed E-state index contributed by atoms with van der Waals surface area (Å²) in [7, 11) is 0. The van der Waals surface area contributed by atoms with Crippen molar-refractivity contribution < 1.29 is 28.6 Å². The summed E-state index contributed by atoms with van der Waals surface area (Å²) in [4.78, 5) is 39.0. The number of anilines is 1. The highest BCUT2D eigenvalue weighted by Gasteiger charge is 2.36. The van der Waals surface area contributed by atoms with Crippen molar-refractivity contribution in [3.8, 4) is 17.2 Å². The molecule has 1 aliphatic rings. The topological polar surface area (TPSA) is 94.2 Å². The average Bonchev–Trinajstić information content (AvgIpc) is 2.88. The Morgan fingerprint density at radius 3 is 2.39 bits per heavy atom. The maximum absolute atomic E-state index is 13.1. The number of hydrogen-bond acceptors (Lipinski definition) is 6. The molecule has 3 aromatic carbocycles. The number of halogens is 1. The van der Waals surface area contributed by atoms with Crippen LogP contribution in [-0.2, 0) is 9.59 Å². The summed E-state index contributed by atoms with van der Waals surface area (Å²) in [6, 6.07) is 18.8. The lowest BCUT2D eigenvalue weighted by molar-refractivity contribution is -0.122. The largest absolute Gasteiger partial charge is 0.493 e. The van der Waals surface area contributed by atoms with Crippen molar-refractivity contribution in [2.75, 3.05) is 24.7 Å². The predicted molar refractivity (Wildman–Crippen MR) is 148 cm³/mol. The minimum absolute atomic E-state index is 0.170. The molecule has 0 unspecified atom stereocenters. The first-order valence-corrected chi connectivity index (χ1v) is 12.9. The molecule has 1 N–H and O–H groups in total. The van der Waals surface area contributed by atoms with Crippen molar-refractivity contribution in [3.05, 3.63) is 87.9 Å². The van der Waals surface area contributed by atoms with Gasteiger partial charge in [-0.2, -0.15) is 0 Å². The molecule has 0 saturated carbocycles. The quantitative estimate of drug-likeness (QED) is 0.189. The van der Waals surface area contributed by atoms with E-state index in [1.165, 1.54) is 6.08 Å². The number of aryl methyl sites for hydroxylation is 1. The van der Waals surface area contributed by atoms with E-state index in [9.17, 15) is 14.4 Å². The highest BCUT2D eigenvalue weighted by atomic mass is 79.9. The smallest absolute Gasteiger partial charge is 0.335 e. The standard InChI is InChI=1S/C29H27BrN2O6/c1-3-36-26-18-20(8-13-25(26)38-15-5-14-37-23-7-4-6-19(2)16-23)17-24-27(33)31-29(35)32(28(24)34)22-11-9-21(30)10-12-22/h4,6-13,16-18H,3,5,14-15H2,1-2H3,(H,31,33,35). The van der Waals surface area contributed by atoms with E-state index in [1.54, 1.807) is 42.5 Å². The number of nitrogens with zero attached hydrogens (tertiary/aromatic N) is 1. The zero-order valence-corrected chi connectivity index (χ0v) is 22.6. The van der Waals surface area contributed by atoms with Crippen LogP contribution in [0.4, 0.5) is 10.5 Å². The Labute approximate surface area is 229 Å². The number of imide groups is 2. The third-order valence-electron chi connectivity index (χ3n) is 5.57. The van der Waals surface area contributed by atoms with Gasteiger partial charge in [-0.15, -0.1) is 0 Å². The van der Waals surface area contributed by atoms with E-state index < -0.39 is 17.8 Å². The van der Waals surface area contributed by atoms with Gasteiger partial charge in [0.2, 0.25) is 0 Å². The minimum atomic E-state index is -0.801. The van der Waals surface area contributed by atoms with E-state index in [4.69, 9.17) is 14.2 Å². The van der Waals surface area contributed by atoms with Crippen LogP contribution in [0, 0.1) is 6.92 Å². The molecular formula is C29H27BrN2O6. The molecule has 8 nitrogen and oxygen atoms in total. The minimum Gasteiger partial charge on any atom is -0.493 e. The molecule has 3 aromatic rings. The summed E-state index contributed by atoms with van der Waals surface area (Å²) in [6.07, 6.45) is 2.10. The monoisotopic (exact) mass is 578 g/mol. The lowest BCUT2D eigenvalue weighted by atomic mass is 10.1. The second-order valence-electron chi connectivity index (χ2n) is 8.44. The molecule has 0 bridgehead atoms. The molecule has 38 heavy (non-hydrogen) atoms. The highest BCUT2D eigenvalue weighted by Crippen LogP contribution is 2.30. The third-order valence-corrected chi connectivity index (χ3v) is 6.10. The first-order valence-electron chi connectivity index (χ1n) is 12.1. The van der Waals surface area contributed by atoms with Gasteiger partial charge in [0.15, 0.2) is 11.5 Å². The van der Waals surface area contributed by atoms with E-state index >= 15 is 0 Å². The molecule has 0 atom stereocenters. The number of rotatable bonds is 10. The summed E-state index contributed by atoms with van der Waals surface area (Å²) >= 11 is 3.33. The second-order valence-corrected chi connectivity index (χ2v) is 9.36. The van der Waals surface area contributed by atoms with Crippen molar-refractivity contribution in [2.24, 2.45) is 0 Å². The molecule has 1 aliphatic heterocycles. The molecule has 0 aromatic heterocycles. The second kappa shape index (κ2) is 12.4. The first-order chi connectivity index (χ1) is 18.4. The van der Waals surface area contributed by atoms with Gasteiger partial charge in [-0.1, -0.05) is 34.1 Å². The number of benzene rings is 3. The Morgan fingerprint density at radius 1 is 0.895 bits per heavy atom. The Morgan fingerprint density at radius 2 is 1.66 bits per heavy atom. The van der Waals surface area contributed by atoms with E-state index in [1.807, 2.05) is 38.1 Å². The number of amides is 4. The zero-order chi connectivity index (χ0) is 27.1. The van der Waals surface area contributed by atoms with Crippen LogP contribution >= 0.6 is 15.9 Å². The Hall–Kier alpha value is -4.11. The third kappa shape index (κ3) is 6.60. The molecule has 1 fully saturated rings. The van der Waals surface area contributed by atoms with E-state index in [-0.39, 0.29) is 5.57 Å². The summed E-state index contributed by atoms with van der Waals surface area (Å²) in [5, 5.41) is 2.23. The summed E-state index contributed by atoms with van der Waals surface area (Å²) in [5.41, 5.74) is 1.86. The van der Waals surface area contributed by atoms with Gasteiger partial charge in [0.25, 0.3) is 11.8 Å². The van der Waals surface area contributed by atoms with Crippen LogP contribution in [0.5, 0.6) is 17.2 Å². The van der Waals surface area contributed by atoms with Crippen LogP contribution < -0.4 is 24.4 Å². The lowest BCUT2D eigenvalue weighted by Crippen LogP contribution is -2.54. The number of barbiturate groups is 1. The van der Waals surface area contributed by atoms with Gasteiger partial charge in [0.05, 0.1) is 25.5 Å². The van der Waals surface area contributed by atoms with Crippen molar-refractivity contribution in [2.45, 2.75) is 20.3 Å². The highest BCUT2D eigenvalue weighted by molar-refractivity contribution is 9.10. The van der Waals surface area contributed by atoms with Crippen LogP contribution in [0.15, 0.2) is 76.8 Å². The predicted octanol–water partition coefficient (Wildman–Crippen LogP) is 5.67. The maximum atomic E-state index is 13.1. The number of ether oxygens (including phenoxy) is 3. The molecule has 1 saturated heterocycles. The fourth-order valence-corrected chi connectivity index (χ4v) is 4.05. The normalized spacial score (nSPS) is 14.4. The Bertz CT molecular complexity index is 1370. The molecule has 0 radical (unpaired) electrons. The van der Waals surface area contributed by atoms with Crippen LogP contribution in [0.25, 0.3) is 6.08 Å². The maximum Gasteiger partial charge on any atom is 0.335 e. The van der Waals surface area contributed by atoms with Crippen LogP contribution in [0.2, 0.25) is 0 Å². The molecule has 196 valence electrons. The molecule has 0 aliphatic carbocycles. The van der Waals surface area contributed by atoms with Crippen LogP contribution in [0.3, 0.4) is 0 Å². The number of hydrogen-bond donors (Lipinski definition) is 1. The Kier molecular flexibility index (Phi) is 8.81. The number of carbonyl (C=O) groups is 3. The van der Waals surface area contributed by atoms with E-state index in [2.05, 4.69) is 21.2 Å². The molecule has 0 spiro atoms. The number of urea groups is 1. The van der Waals surface area contributed by atoms with Gasteiger partial charge in [-0.25, -0.2) is 9.69 Å². The van der Waals surface area contributed by atoms with Crippen molar-refractivity contribution in [1.29, 1.82) is 0 Å².